The minimum absolute atomic E-state index is 0.0254. The highest BCUT2D eigenvalue weighted by Crippen LogP contribution is 2.29. The molecule has 6 heteroatoms. The Morgan fingerprint density at radius 2 is 1.84 bits per heavy atom. The Morgan fingerprint density at radius 1 is 1.12 bits per heavy atom. The molecule has 3 N–H and O–H groups in total. The Labute approximate surface area is 151 Å². The van der Waals surface area contributed by atoms with Gasteiger partial charge in [-0.3, -0.25) is 9.59 Å². The van der Waals surface area contributed by atoms with Gasteiger partial charge in [0.05, 0.1) is 6.10 Å². The largest absolute Gasteiger partial charge is 0.387 e. The van der Waals surface area contributed by atoms with Gasteiger partial charge in [-0.25, -0.2) is 0 Å². The van der Waals surface area contributed by atoms with E-state index in [0.717, 1.165) is 41.3 Å². The quantitative estimate of drug-likeness (QED) is 0.579. The lowest BCUT2D eigenvalue weighted by Crippen LogP contribution is -2.45. The van der Waals surface area contributed by atoms with Crippen LogP contribution in [0.4, 0.5) is 0 Å². The molecule has 5 nitrogen and oxygen atoms in total. The molecule has 2 aromatic rings. The molecule has 25 heavy (non-hydrogen) atoms. The number of carbonyl (C=O) groups is 2. The molecule has 2 amide bonds. The third-order valence-corrected chi connectivity index (χ3v) is 5.70. The lowest BCUT2D eigenvalue weighted by Gasteiger charge is -2.16. The van der Waals surface area contributed by atoms with E-state index in [-0.39, 0.29) is 12.6 Å². The first kappa shape index (κ1) is 17.9. The number of aliphatic hydroxyl groups is 1. The van der Waals surface area contributed by atoms with Crippen LogP contribution in [0.5, 0.6) is 0 Å². The molecular weight excluding hydrogens is 336 g/mol. The number of rotatable bonds is 4. The third kappa shape index (κ3) is 4.58. The van der Waals surface area contributed by atoms with Gasteiger partial charge in [0.15, 0.2) is 0 Å². The predicted octanol–water partition coefficient (Wildman–Crippen LogP) is 2.89. The SMILES string of the molecule is O=C(NCC(O)c1csc2ccccc12)C(=O)NC1CCCCCC1. The molecule has 0 bridgehead atoms. The molecule has 1 aliphatic rings. The molecule has 1 saturated carbocycles. The summed E-state index contributed by atoms with van der Waals surface area (Å²) in [5.74, 6) is -1.28. The van der Waals surface area contributed by atoms with E-state index in [4.69, 9.17) is 0 Å². The molecule has 1 aliphatic carbocycles. The van der Waals surface area contributed by atoms with Gasteiger partial charge in [0.1, 0.15) is 0 Å². The van der Waals surface area contributed by atoms with Crippen LogP contribution in [0.1, 0.15) is 50.2 Å². The molecule has 0 spiro atoms. The standard InChI is InChI=1S/C19H24N2O3S/c22-16(15-12-25-17-10-6-5-9-14(15)17)11-20-18(23)19(24)21-13-7-3-1-2-4-8-13/h5-6,9-10,12-13,16,22H,1-4,7-8,11H2,(H,20,23)(H,21,24). The summed E-state index contributed by atoms with van der Waals surface area (Å²) < 4.78 is 1.09. The normalized spacial score (nSPS) is 17.0. The maximum atomic E-state index is 12.0. The molecule has 1 aromatic carbocycles. The Morgan fingerprint density at radius 3 is 2.60 bits per heavy atom. The summed E-state index contributed by atoms with van der Waals surface area (Å²) >= 11 is 1.56. The summed E-state index contributed by atoms with van der Waals surface area (Å²) in [5.41, 5.74) is 0.782. The smallest absolute Gasteiger partial charge is 0.309 e. The van der Waals surface area contributed by atoms with Crippen molar-refractivity contribution in [3.63, 3.8) is 0 Å². The molecule has 1 unspecified atom stereocenters. The topological polar surface area (TPSA) is 78.4 Å². The maximum Gasteiger partial charge on any atom is 0.309 e. The zero-order valence-corrected chi connectivity index (χ0v) is 15.0. The van der Waals surface area contributed by atoms with Crippen LogP contribution in [-0.4, -0.2) is 29.5 Å². The van der Waals surface area contributed by atoms with Crippen molar-refractivity contribution in [2.45, 2.75) is 50.7 Å². The van der Waals surface area contributed by atoms with E-state index in [0.29, 0.717) is 0 Å². The third-order valence-electron chi connectivity index (χ3n) is 4.72. The second kappa shape index (κ2) is 8.45. The number of amides is 2. The Kier molecular flexibility index (Phi) is 6.04. The van der Waals surface area contributed by atoms with Crippen LogP contribution >= 0.6 is 11.3 Å². The molecule has 1 aromatic heterocycles. The second-order valence-corrected chi connectivity index (χ2v) is 7.49. The van der Waals surface area contributed by atoms with Gasteiger partial charge in [0.25, 0.3) is 0 Å². The fourth-order valence-corrected chi connectivity index (χ4v) is 4.32. The van der Waals surface area contributed by atoms with Gasteiger partial charge >= 0.3 is 11.8 Å². The lowest BCUT2D eigenvalue weighted by atomic mass is 10.1. The van der Waals surface area contributed by atoms with E-state index in [9.17, 15) is 14.7 Å². The molecular formula is C19H24N2O3S. The average Bonchev–Trinajstić information content (AvgIpc) is 2.89. The first-order valence-electron chi connectivity index (χ1n) is 8.88. The van der Waals surface area contributed by atoms with E-state index in [1.165, 1.54) is 12.8 Å². The van der Waals surface area contributed by atoms with E-state index in [1.54, 1.807) is 11.3 Å². The van der Waals surface area contributed by atoms with Crippen LogP contribution in [0.3, 0.4) is 0 Å². The van der Waals surface area contributed by atoms with Gasteiger partial charge in [-0.1, -0.05) is 43.9 Å². The van der Waals surface area contributed by atoms with Gasteiger partial charge in [-0.05, 0) is 29.7 Å². The number of thiophene rings is 1. The van der Waals surface area contributed by atoms with Crippen molar-refractivity contribution < 1.29 is 14.7 Å². The zero-order valence-electron chi connectivity index (χ0n) is 14.2. The fourth-order valence-electron chi connectivity index (χ4n) is 3.31. The lowest BCUT2D eigenvalue weighted by molar-refractivity contribution is -0.139. The van der Waals surface area contributed by atoms with Crippen LogP contribution in [0.15, 0.2) is 29.6 Å². The summed E-state index contributed by atoms with van der Waals surface area (Å²) in [6, 6.07) is 7.91. The fraction of sp³-hybridized carbons (Fsp3) is 0.474. The van der Waals surface area contributed by atoms with Gasteiger partial charge < -0.3 is 15.7 Å². The molecule has 0 radical (unpaired) electrons. The molecule has 3 rings (SSSR count). The predicted molar refractivity (Wildman–Crippen MR) is 99.4 cm³/mol. The molecule has 1 atom stereocenters. The van der Waals surface area contributed by atoms with Crippen molar-refractivity contribution in [3.05, 3.63) is 35.2 Å². The number of benzene rings is 1. The first-order chi connectivity index (χ1) is 12.1. The monoisotopic (exact) mass is 360 g/mol. The van der Waals surface area contributed by atoms with E-state index < -0.39 is 17.9 Å². The highest BCUT2D eigenvalue weighted by Gasteiger charge is 2.21. The molecule has 1 heterocycles. The molecule has 134 valence electrons. The van der Waals surface area contributed by atoms with E-state index in [1.807, 2.05) is 29.6 Å². The summed E-state index contributed by atoms with van der Waals surface area (Å²) in [5, 5.41) is 18.6. The Balaban J connectivity index is 1.51. The maximum absolute atomic E-state index is 12.0. The van der Waals surface area contributed by atoms with Gasteiger partial charge in [-0.15, -0.1) is 11.3 Å². The minimum Gasteiger partial charge on any atom is -0.387 e. The summed E-state index contributed by atoms with van der Waals surface area (Å²) in [7, 11) is 0. The molecule has 0 saturated heterocycles. The molecule has 1 fully saturated rings. The van der Waals surface area contributed by atoms with Crippen molar-refractivity contribution in [2.24, 2.45) is 0 Å². The van der Waals surface area contributed by atoms with Crippen molar-refractivity contribution >= 4 is 33.2 Å². The summed E-state index contributed by atoms with van der Waals surface area (Å²) in [6.07, 6.45) is 5.61. The highest BCUT2D eigenvalue weighted by molar-refractivity contribution is 7.17. The van der Waals surface area contributed by atoms with Crippen molar-refractivity contribution in [2.75, 3.05) is 6.54 Å². The highest BCUT2D eigenvalue weighted by atomic mass is 32.1. The summed E-state index contributed by atoms with van der Waals surface area (Å²) in [4.78, 5) is 24.0. The van der Waals surface area contributed by atoms with Crippen LogP contribution in [0, 0.1) is 0 Å². The number of nitrogens with one attached hydrogen (secondary N) is 2. The van der Waals surface area contributed by atoms with Crippen LogP contribution < -0.4 is 10.6 Å². The zero-order chi connectivity index (χ0) is 17.6. The number of carbonyl (C=O) groups excluding carboxylic acids is 2. The van der Waals surface area contributed by atoms with Crippen molar-refractivity contribution in [3.8, 4) is 0 Å². The van der Waals surface area contributed by atoms with E-state index >= 15 is 0 Å². The first-order valence-corrected chi connectivity index (χ1v) is 9.76. The minimum atomic E-state index is -0.828. The average molecular weight is 360 g/mol. The number of aliphatic hydroxyl groups excluding tert-OH is 1. The van der Waals surface area contributed by atoms with Crippen molar-refractivity contribution in [1.82, 2.24) is 10.6 Å². The van der Waals surface area contributed by atoms with Crippen LogP contribution in [0.25, 0.3) is 10.1 Å². The Bertz CT molecular complexity index is 735. The number of hydrogen-bond donors (Lipinski definition) is 3. The van der Waals surface area contributed by atoms with Crippen LogP contribution in [0.2, 0.25) is 0 Å². The number of hydrogen-bond acceptors (Lipinski definition) is 4. The number of fused-ring (bicyclic) bond motifs is 1. The van der Waals surface area contributed by atoms with Gasteiger partial charge in [0, 0.05) is 22.8 Å². The van der Waals surface area contributed by atoms with Gasteiger partial charge in [0.2, 0.25) is 0 Å². The second-order valence-electron chi connectivity index (χ2n) is 6.57. The van der Waals surface area contributed by atoms with Crippen LogP contribution in [-0.2, 0) is 9.59 Å². The van der Waals surface area contributed by atoms with Gasteiger partial charge in [-0.2, -0.15) is 0 Å². The van der Waals surface area contributed by atoms with E-state index in [2.05, 4.69) is 10.6 Å². The molecule has 0 aliphatic heterocycles. The van der Waals surface area contributed by atoms with Crippen molar-refractivity contribution in [1.29, 1.82) is 0 Å². The summed E-state index contributed by atoms with van der Waals surface area (Å²) in [6.45, 7) is 0.0254. The Hall–Kier alpha value is -1.92.